The molecule has 7 nitrogen and oxygen atoms in total. The van der Waals surface area contributed by atoms with Gasteiger partial charge in [0.05, 0.1) is 17.2 Å². The van der Waals surface area contributed by atoms with E-state index in [1.165, 1.54) is 0 Å². The molecule has 0 aliphatic heterocycles. The fourth-order valence-corrected chi connectivity index (χ4v) is 2.91. The van der Waals surface area contributed by atoms with Gasteiger partial charge in [0.1, 0.15) is 5.82 Å². The highest BCUT2D eigenvalue weighted by Crippen LogP contribution is 2.20. The maximum absolute atomic E-state index is 12.6. The Balaban J connectivity index is 1.58. The molecule has 0 aromatic carbocycles. The smallest absolute Gasteiger partial charge is 0.168 e. The van der Waals surface area contributed by atoms with Gasteiger partial charge in [-0.25, -0.2) is 4.98 Å². The summed E-state index contributed by atoms with van der Waals surface area (Å²) in [5, 5.41) is 11.3. The van der Waals surface area contributed by atoms with Crippen LogP contribution in [0.5, 0.6) is 0 Å². The van der Waals surface area contributed by atoms with Gasteiger partial charge in [-0.3, -0.25) is 14.8 Å². The first-order valence-electron chi connectivity index (χ1n) is 9.37. The van der Waals surface area contributed by atoms with Crippen LogP contribution in [0.4, 0.5) is 11.6 Å². The summed E-state index contributed by atoms with van der Waals surface area (Å²) >= 11 is 0. The third-order valence-corrected chi connectivity index (χ3v) is 4.57. The zero-order valence-corrected chi connectivity index (χ0v) is 16.2. The molecule has 0 atom stereocenters. The van der Waals surface area contributed by atoms with Crippen molar-refractivity contribution in [3.63, 3.8) is 0 Å². The van der Waals surface area contributed by atoms with Gasteiger partial charge in [-0.05, 0) is 53.4 Å². The third kappa shape index (κ3) is 4.40. The van der Waals surface area contributed by atoms with Crippen molar-refractivity contribution in [2.45, 2.75) is 26.2 Å². The van der Waals surface area contributed by atoms with Crippen molar-refractivity contribution >= 4 is 28.5 Å². The highest BCUT2D eigenvalue weighted by molar-refractivity contribution is 5.99. The summed E-state index contributed by atoms with van der Waals surface area (Å²) in [6.07, 6.45) is 7.01. The summed E-state index contributed by atoms with van der Waals surface area (Å²) in [5.41, 5.74) is 3.90. The number of anilines is 2. The zero-order valence-electron chi connectivity index (χ0n) is 16.2. The molecular weight excluding hydrogens is 364 g/mol. The minimum absolute atomic E-state index is 0.0127. The average Bonchev–Trinajstić information content (AvgIpc) is 2.74. The maximum atomic E-state index is 12.6. The monoisotopic (exact) mass is 384 g/mol. The van der Waals surface area contributed by atoms with Crippen LogP contribution in [0.25, 0.3) is 11.0 Å². The van der Waals surface area contributed by atoms with E-state index in [4.69, 9.17) is 0 Å². The van der Waals surface area contributed by atoms with Crippen molar-refractivity contribution in [2.24, 2.45) is 0 Å². The van der Waals surface area contributed by atoms with Crippen LogP contribution in [0.3, 0.4) is 0 Å². The minimum atomic E-state index is -0.0127. The lowest BCUT2D eigenvalue weighted by molar-refractivity contribution is 0.0992. The first kappa shape index (κ1) is 18.6. The third-order valence-electron chi connectivity index (χ3n) is 4.57. The summed E-state index contributed by atoms with van der Waals surface area (Å²) in [7, 11) is 0. The van der Waals surface area contributed by atoms with Gasteiger partial charge in [0.2, 0.25) is 0 Å². The second-order valence-corrected chi connectivity index (χ2v) is 7.07. The quantitative estimate of drug-likeness (QED) is 0.500. The van der Waals surface area contributed by atoms with Gasteiger partial charge in [-0.1, -0.05) is 13.8 Å². The molecule has 0 aliphatic carbocycles. The van der Waals surface area contributed by atoms with E-state index in [-0.39, 0.29) is 5.78 Å². The van der Waals surface area contributed by atoms with Gasteiger partial charge in [0.15, 0.2) is 11.6 Å². The number of carbonyl (C=O) groups excluding carboxylic acids is 1. The number of pyridine rings is 3. The molecule has 0 aliphatic rings. The van der Waals surface area contributed by atoms with Crippen LogP contribution in [0, 0.1) is 0 Å². The van der Waals surface area contributed by atoms with Crippen molar-refractivity contribution in [3.05, 3.63) is 77.9 Å². The Morgan fingerprint density at radius 2 is 1.83 bits per heavy atom. The molecule has 0 saturated carbocycles. The predicted octanol–water partition coefficient (Wildman–Crippen LogP) is 4.11. The number of rotatable bonds is 6. The molecule has 0 fully saturated rings. The number of ketones is 1. The Bertz CT molecular complexity index is 1160. The highest BCUT2D eigenvalue weighted by Gasteiger charge is 2.10. The van der Waals surface area contributed by atoms with Crippen LogP contribution in [0.1, 0.15) is 41.3 Å². The van der Waals surface area contributed by atoms with E-state index in [0.29, 0.717) is 35.1 Å². The minimum Gasteiger partial charge on any atom is -0.323 e. The summed E-state index contributed by atoms with van der Waals surface area (Å²) in [5.74, 6) is 1.59. The maximum Gasteiger partial charge on any atom is 0.168 e. The van der Waals surface area contributed by atoms with E-state index in [2.05, 4.69) is 44.3 Å². The van der Waals surface area contributed by atoms with Crippen molar-refractivity contribution in [3.8, 4) is 0 Å². The van der Waals surface area contributed by atoms with Gasteiger partial charge < -0.3 is 5.32 Å². The lowest BCUT2D eigenvalue weighted by Gasteiger charge is -2.09. The number of hydrogen-bond donors (Lipinski definition) is 1. The summed E-state index contributed by atoms with van der Waals surface area (Å²) in [6, 6.07) is 11.1. The van der Waals surface area contributed by atoms with Gasteiger partial charge in [0.25, 0.3) is 0 Å². The van der Waals surface area contributed by atoms with E-state index >= 15 is 0 Å². The van der Waals surface area contributed by atoms with Gasteiger partial charge in [-0.2, -0.15) is 5.10 Å². The fraction of sp³-hybridized carbons (Fsp3) is 0.182. The molecule has 0 spiro atoms. The van der Waals surface area contributed by atoms with Crippen LogP contribution < -0.4 is 5.32 Å². The summed E-state index contributed by atoms with van der Waals surface area (Å²) in [6.45, 7) is 4.20. The molecule has 7 heteroatoms. The molecule has 0 unspecified atom stereocenters. The number of hydrogen-bond acceptors (Lipinski definition) is 7. The molecule has 0 bridgehead atoms. The normalized spacial score (nSPS) is 11.0. The Morgan fingerprint density at radius 1 is 1.00 bits per heavy atom. The Morgan fingerprint density at radius 3 is 2.62 bits per heavy atom. The Hall–Kier alpha value is -3.74. The van der Waals surface area contributed by atoms with Gasteiger partial charge >= 0.3 is 0 Å². The molecule has 4 aromatic rings. The largest absolute Gasteiger partial charge is 0.323 e. The predicted molar refractivity (Wildman–Crippen MR) is 111 cm³/mol. The van der Waals surface area contributed by atoms with Crippen molar-refractivity contribution in [1.82, 2.24) is 25.1 Å². The van der Waals surface area contributed by atoms with Crippen molar-refractivity contribution in [1.29, 1.82) is 0 Å². The number of fused-ring (bicyclic) bond motifs is 1. The van der Waals surface area contributed by atoms with Crippen molar-refractivity contribution in [2.75, 3.05) is 5.32 Å². The van der Waals surface area contributed by atoms with Gasteiger partial charge in [0, 0.05) is 30.6 Å². The molecule has 144 valence electrons. The van der Waals surface area contributed by atoms with Crippen LogP contribution in [-0.4, -0.2) is 30.9 Å². The topological polar surface area (TPSA) is 93.6 Å². The molecule has 4 heterocycles. The number of nitrogens with zero attached hydrogens (tertiary/aromatic N) is 5. The lowest BCUT2D eigenvalue weighted by Crippen LogP contribution is -2.05. The molecule has 1 N–H and O–H groups in total. The van der Waals surface area contributed by atoms with E-state index in [9.17, 15) is 4.79 Å². The lowest BCUT2D eigenvalue weighted by atomic mass is 10.1. The SMILES string of the molecule is CC(C)c1cnnc(Nc2ccc3ncc(C(=O)Cc4ccncc4)cc3n2)c1. The second kappa shape index (κ2) is 8.10. The summed E-state index contributed by atoms with van der Waals surface area (Å²) in [4.78, 5) is 25.6. The standard InChI is InChI=1S/C22H20N6O/c1-14(2)16-11-22(28-25-13-16)27-21-4-3-18-19(26-21)10-17(12-24-18)20(29)9-15-5-7-23-8-6-15/h3-8,10-14H,9H2,1-2H3,(H,26,27,28). The number of Topliss-reactive ketones (excluding diaryl/α,β-unsaturated/α-hetero) is 1. The van der Waals surface area contributed by atoms with E-state index < -0.39 is 0 Å². The van der Waals surface area contributed by atoms with Crippen LogP contribution in [0.2, 0.25) is 0 Å². The van der Waals surface area contributed by atoms with E-state index in [1.54, 1.807) is 30.9 Å². The van der Waals surface area contributed by atoms with Crippen LogP contribution >= 0.6 is 0 Å². The molecule has 0 amide bonds. The van der Waals surface area contributed by atoms with Crippen LogP contribution in [-0.2, 0) is 6.42 Å². The molecule has 0 saturated heterocycles. The molecule has 29 heavy (non-hydrogen) atoms. The van der Waals surface area contributed by atoms with Gasteiger partial charge in [-0.15, -0.1) is 5.10 Å². The Kier molecular flexibility index (Phi) is 5.20. The molecule has 0 radical (unpaired) electrons. The molecular formula is C22H20N6O. The van der Waals surface area contributed by atoms with E-state index in [1.807, 2.05) is 30.3 Å². The zero-order chi connectivity index (χ0) is 20.2. The molecule has 4 rings (SSSR count). The fourth-order valence-electron chi connectivity index (χ4n) is 2.91. The molecule has 4 aromatic heterocycles. The number of nitrogens with one attached hydrogen (secondary N) is 1. The Labute approximate surface area is 168 Å². The number of carbonyl (C=O) groups is 1. The van der Waals surface area contributed by atoms with Crippen LogP contribution in [0.15, 0.2) is 61.2 Å². The average molecular weight is 384 g/mol. The number of aromatic nitrogens is 5. The first-order valence-corrected chi connectivity index (χ1v) is 9.37. The van der Waals surface area contributed by atoms with E-state index in [0.717, 1.165) is 16.6 Å². The second-order valence-electron chi connectivity index (χ2n) is 7.07. The first-order chi connectivity index (χ1) is 14.1. The van der Waals surface area contributed by atoms with Crippen molar-refractivity contribution < 1.29 is 4.79 Å². The summed E-state index contributed by atoms with van der Waals surface area (Å²) < 4.78 is 0. The highest BCUT2D eigenvalue weighted by atomic mass is 16.1.